The van der Waals surface area contributed by atoms with Crippen LogP contribution in [0.25, 0.3) is 10.9 Å². The minimum atomic E-state index is -0.304. The Morgan fingerprint density at radius 3 is 2.90 bits per heavy atom. The number of aromatic nitrogens is 3. The van der Waals surface area contributed by atoms with Gasteiger partial charge in [-0.1, -0.05) is 18.2 Å². The largest absolute Gasteiger partial charge is 0.462 e. The molecular weight excluding hydrogens is 384 g/mol. The highest BCUT2D eigenvalue weighted by Gasteiger charge is 2.15. The number of carbonyl (C=O) groups is 1. The molecular formula is C22H22N4O2S. The lowest BCUT2D eigenvalue weighted by Crippen LogP contribution is -2.07. The number of fused-ring (bicyclic) bond motifs is 1. The standard InChI is InChI=1S/C22H22N4O2S/c1-13-16(9-15-10-24-14(2)26-21(15)23)12-29-20(13)7-8-28-22(27)18-11-25-19-6-4-3-5-17(18)19/h3-6,10-12,25H,7-9H2,1-2H3,(H2,23,24,26). The molecule has 0 atom stereocenters. The van der Waals surface area contributed by atoms with Crippen LogP contribution in [0.5, 0.6) is 0 Å². The van der Waals surface area contributed by atoms with Gasteiger partial charge >= 0.3 is 5.97 Å². The number of aromatic amines is 1. The molecule has 0 fully saturated rings. The van der Waals surface area contributed by atoms with Crippen molar-refractivity contribution in [2.75, 3.05) is 12.3 Å². The molecule has 29 heavy (non-hydrogen) atoms. The van der Waals surface area contributed by atoms with Crippen LogP contribution in [0.1, 0.15) is 37.7 Å². The third kappa shape index (κ3) is 4.00. The minimum absolute atomic E-state index is 0.304. The Bertz CT molecular complexity index is 1180. The van der Waals surface area contributed by atoms with E-state index in [0.29, 0.717) is 36.7 Å². The molecule has 4 rings (SSSR count). The Labute approximate surface area is 172 Å². The molecule has 148 valence electrons. The van der Waals surface area contributed by atoms with E-state index in [2.05, 4.69) is 27.3 Å². The number of thiophene rings is 1. The molecule has 6 nitrogen and oxygen atoms in total. The minimum Gasteiger partial charge on any atom is -0.462 e. The highest BCUT2D eigenvalue weighted by molar-refractivity contribution is 7.10. The molecule has 0 aliphatic carbocycles. The van der Waals surface area contributed by atoms with Gasteiger partial charge in [-0.2, -0.15) is 0 Å². The predicted molar refractivity (Wildman–Crippen MR) is 115 cm³/mol. The molecule has 0 saturated heterocycles. The van der Waals surface area contributed by atoms with Crippen molar-refractivity contribution in [2.24, 2.45) is 0 Å². The summed E-state index contributed by atoms with van der Waals surface area (Å²) in [4.78, 5) is 25.2. The number of ether oxygens (including phenoxy) is 1. The number of carbonyl (C=O) groups excluding carboxylic acids is 1. The molecule has 1 aromatic carbocycles. The van der Waals surface area contributed by atoms with E-state index < -0.39 is 0 Å². The van der Waals surface area contributed by atoms with Gasteiger partial charge in [0.15, 0.2) is 0 Å². The highest BCUT2D eigenvalue weighted by atomic mass is 32.1. The third-order valence-corrected chi connectivity index (χ3v) is 6.21. The lowest BCUT2D eigenvalue weighted by Gasteiger charge is -2.06. The molecule has 0 radical (unpaired) electrons. The maximum absolute atomic E-state index is 12.4. The van der Waals surface area contributed by atoms with E-state index in [4.69, 9.17) is 10.5 Å². The molecule has 0 aliphatic rings. The number of H-pyrrole nitrogens is 1. The van der Waals surface area contributed by atoms with Crippen molar-refractivity contribution in [3.63, 3.8) is 0 Å². The average molecular weight is 407 g/mol. The molecule has 7 heteroatoms. The summed E-state index contributed by atoms with van der Waals surface area (Å²) in [5.41, 5.74) is 10.8. The summed E-state index contributed by atoms with van der Waals surface area (Å²) in [7, 11) is 0. The van der Waals surface area contributed by atoms with Crippen LogP contribution in [-0.2, 0) is 17.6 Å². The first kappa shape index (κ1) is 19.1. The number of hydrogen-bond acceptors (Lipinski definition) is 6. The fourth-order valence-corrected chi connectivity index (χ4v) is 4.38. The van der Waals surface area contributed by atoms with E-state index in [1.165, 1.54) is 16.0 Å². The molecule has 0 aliphatic heterocycles. The van der Waals surface area contributed by atoms with Gasteiger partial charge in [-0.3, -0.25) is 0 Å². The van der Waals surface area contributed by atoms with Crippen LogP contribution in [-0.4, -0.2) is 27.5 Å². The SMILES string of the molecule is Cc1ncc(Cc2csc(CCOC(=O)c3c[nH]c4ccccc34)c2C)c(N)n1. The van der Waals surface area contributed by atoms with Crippen LogP contribution in [0.2, 0.25) is 0 Å². The van der Waals surface area contributed by atoms with Crippen LogP contribution in [0.15, 0.2) is 42.0 Å². The van der Waals surface area contributed by atoms with Crippen LogP contribution in [0.4, 0.5) is 5.82 Å². The summed E-state index contributed by atoms with van der Waals surface area (Å²) in [6, 6.07) is 7.70. The van der Waals surface area contributed by atoms with Crippen LogP contribution < -0.4 is 5.73 Å². The second kappa shape index (κ2) is 8.05. The number of nitrogen functional groups attached to an aromatic ring is 1. The van der Waals surface area contributed by atoms with Crippen LogP contribution in [0, 0.1) is 13.8 Å². The Balaban J connectivity index is 1.38. The smallest absolute Gasteiger partial charge is 0.340 e. The Hall–Kier alpha value is -3.19. The summed E-state index contributed by atoms with van der Waals surface area (Å²) in [6.45, 7) is 4.26. The van der Waals surface area contributed by atoms with Gasteiger partial charge in [0.2, 0.25) is 0 Å². The van der Waals surface area contributed by atoms with E-state index in [1.807, 2.05) is 31.2 Å². The zero-order valence-corrected chi connectivity index (χ0v) is 17.2. The number of nitrogens with two attached hydrogens (primary N) is 1. The lowest BCUT2D eigenvalue weighted by molar-refractivity contribution is 0.0512. The molecule has 3 aromatic heterocycles. The van der Waals surface area contributed by atoms with Crippen molar-refractivity contribution in [2.45, 2.75) is 26.7 Å². The first-order valence-corrected chi connectivity index (χ1v) is 10.3. The predicted octanol–water partition coefficient (Wildman–Crippen LogP) is 4.21. The van der Waals surface area contributed by atoms with Gasteiger partial charge in [0.1, 0.15) is 11.6 Å². The summed E-state index contributed by atoms with van der Waals surface area (Å²) in [5, 5.41) is 3.01. The van der Waals surface area contributed by atoms with Crippen molar-refractivity contribution in [3.05, 3.63) is 75.0 Å². The summed E-state index contributed by atoms with van der Waals surface area (Å²) >= 11 is 1.68. The number of nitrogens with one attached hydrogen (secondary N) is 1. The average Bonchev–Trinajstić information content (AvgIpc) is 3.28. The lowest BCUT2D eigenvalue weighted by atomic mass is 10.0. The highest BCUT2D eigenvalue weighted by Crippen LogP contribution is 2.26. The number of benzene rings is 1. The molecule has 0 saturated carbocycles. The molecule has 0 bridgehead atoms. The number of hydrogen-bond donors (Lipinski definition) is 2. The summed E-state index contributed by atoms with van der Waals surface area (Å²) in [5.74, 6) is 0.893. The normalized spacial score (nSPS) is 11.1. The second-order valence-electron chi connectivity index (χ2n) is 6.95. The number of nitrogens with zero attached hydrogens (tertiary/aromatic N) is 2. The third-order valence-electron chi connectivity index (χ3n) is 5.01. The van der Waals surface area contributed by atoms with Gasteiger partial charge in [0.25, 0.3) is 0 Å². The van der Waals surface area contributed by atoms with Crippen molar-refractivity contribution >= 4 is 34.0 Å². The van der Waals surface area contributed by atoms with Crippen molar-refractivity contribution < 1.29 is 9.53 Å². The van der Waals surface area contributed by atoms with E-state index in [-0.39, 0.29) is 5.97 Å². The zero-order valence-electron chi connectivity index (χ0n) is 16.4. The Morgan fingerprint density at radius 1 is 1.24 bits per heavy atom. The Morgan fingerprint density at radius 2 is 2.07 bits per heavy atom. The quantitative estimate of drug-likeness (QED) is 0.468. The first-order valence-electron chi connectivity index (χ1n) is 9.40. The summed E-state index contributed by atoms with van der Waals surface area (Å²) in [6.07, 6.45) is 4.88. The molecule has 3 heterocycles. The molecule has 3 N–H and O–H groups in total. The maximum atomic E-state index is 12.4. The van der Waals surface area contributed by atoms with Crippen LogP contribution in [0.3, 0.4) is 0 Å². The van der Waals surface area contributed by atoms with Gasteiger partial charge in [0.05, 0.1) is 12.2 Å². The van der Waals surface area contributed by atoms with E-state index >= 15 is 0 Å². The van der Waals surface area contributed by atoms with Gasteiger partial charge in [-0.25, -0.2) is 14.8 Å². The van der Waals surface area contributed by atoms with E-state index in [1.54, 1.807) is 23.7 Å². The van der Waals surface area contributed by atoms with Gasteiger partial charge < -0.3 is 15.5 Å². The van der Waals surface area contributed by atoms with Gasteiger partial charge in [0, 0.05) is 46.6 Å². The Kier molecular flexibility index (Phi) is 5.31. The second-order valence-corrected chi connectivity index (χ2v) is 7.91. The number of anilines is 1. The number of aryl methyl sites for hydroxylation is 1. The van der Waals surface area contributed by atoms with E-state index in [0.717, 1.165) is 16.5 Å². The number of esters is 1. The first-order chi connectivity index (χ1) is 14.0. The molecule has 4 aromatic rings. The fraction of sp³-hybridized carbons (Fsp3) is 0.227. The molecule has 0 amide bonds. The van der Waals surface area contributed by atoms with Gasteiger partial charge in [-0.15, -0.1) is 11.3 Å². The molecule has 0 spiro atoms. The number of para-hydroxylation sites is 1. The van der Waals surface area contributed by atoms with Crippen molar-refractivity contribution in [3.8, 4) is 0 Å². The summed E-state index contributed by atoms with van der Waals surface area (Å²) < 4.78 is 5.52. The molecule has 0 unspecified atom stereocenters. The zero-order chi connectivity index (χ0) is 20.4. The number of rotatable bonds is 6. The van der Waals surface area contributed by atoms with Crippen LogP contribution >= 0.6 is 11.3 Å². The topological polar surface area (TPSA) is 93.9 Å². The monoisotopic (exact) mass is 406 g/mol. The van der Waals surface area contributed by atoms with E-state index in [9.17, 15) is 4.79 Å². The van der Waals surface area contributed by atoms with Crippen molar-refractivity contribution in [1.82, 2.24) is 15.0 Å². The van der Waals surface area contributed by atoms with Crippen molar-refractivity contribution in [1.29, 1.82) is 0 Å². The van der Waals surface area contributed by atoms with Gasteiger partial charge in [-0.05, 0) is 36.4 Å². The fourth-order valence-electron chi connectivity index (χ4n) is 3.33. The maximum Gasteiger partial charge on any atom is 0.340 e.